The van der Waals surface area contributed by atoms with E-state index >= 15 is 0 Å². The molecule has 1 N–H and O–H groups in total. The van der Waals surface area contributed by atoms with Crippen LogP contribution in [0.3, 0.4) is 0 Å². The fraction of sp³-hybridized carbons (Fsp3) is 0.412. The lowest BCUT2D eigenvalue weighted by molar-refractivity contribution is 0.669. The Kier molecular flexibility index (Phi) is 5.14. The first kappa shape index (κ1) is 15.3. The summed E-state index contributed by atoms with van der Waals surface area (Å²) >= 11 is 0. The maximum absolute atomic E-state index is 4.68. The molecule has 0 aliphatic carbocycles. The molecule has 0 bridgehead atoms. The molecule has 0 unspecified atom stereocenters. The van der Waals surface area contributed by atoms with Crippen LogP contribution < -0.4 is 10.2 Å². The molecule has 2 aromatic rings. The number of nitrogens with one attached hydrogen (secondary N) is 1. The lowest BCUT2D eigenvalue weighted by Gasteiger charge is -2.29. The summed E-state index contributed by atoms with van der Waals surface area (Å²) in [6.45, 7) is 10.2. The molecule has 0 saturated carbocycles. The van der Waals surface area contributed by atoms with Crippen LogP contribution in [0.4, 0.5) is 11.8 Å². The van der Waals surface area contributed by atoms with Gasteiger partial charge in [0, 0.05) is 30.9 Å². The lowest BCUT2D eigenvalue weighted by atomic mass is 10.1. The standard InChI is InChI=1S/C17H24N4/c1-5-18-17-19-11-14(4)16(20-17)21(13(2)3)12-15-9-7-6-8-10-15/h6-11,13H,5,12H2,1-4H3,(H,18,19,20). The molecule has 1 aromatic carbocycles. The van der Waals surface area contributed by atoms with E-state index in [1.54, 1.807) is 0 Å². The SMILES string of the molecule is CCNc1ncc(C)c(N(Cc2ccccc2)C(C)C)n1. The molecular weight excluding hydrogens is 260 g/mol. The number of rotatable bonds is 6. The largest absolute Gasteiger partial charge is 0.354 e. The first-order chi connectivity index (χ1) is 10.1. The summed E-state index contributed by atoms with van der Waals surface area (Å²) in [4.78, 5) is 11.3. The Hall–Kier alpha value is -2.10. The van der Waals surface area contributed by atoms with E-state index in [1.807, 2.05) is 19.2 Å². The normalized spacial score (nSPS) is 10.7. The molecule has 0 spiro atoms. The van der Waals surface area contributed by atoms with Gasteiger partial charge in [0.2, 0.25) is 5.95 Å². The van der Waals surface area contributed by atoms with Crippen LogP contribution in [-0.2, 0) is 6.54 Å². The van der Waals surface area contributed by atoms with Gasteiger partial charge in [-0.25, -0.2) is 4.98 Å². The Morgan fingerprint density at radius 2 is 1.90 bits per heavy atom. The number of aryl methyl sites for hydroxylation is 1. The lowest BCUT2D eigenvalue weighted by Crippen LogP contribution is -2.32. The van der Waals surface area contributed by atoms with E-state index in [0.717, 1.165) is 24.5 Å². The van der Waals surface area contributed by atoms with Crippen molar-refractivity contribution in [2.45, 2.75) is 40.3 Å². The first-order valence-electron chi connectivity index (χ1n) is 7.50. The summed E-state index contributed by atoms with van der Waals surface area (Å²) in [5, 5.41) is 3.18. The second-order valence-electron chi connectivity index (χ2n) is 5.44. The van der Waals surface area contributed by atoms with E-state index in [0.29, 0.717) is 12.0 Å². The van der Waals surface area contributed by atoms with E-state index < -0.39 is 0 Å². The Balaban J connectivity index is 2.31. The highest BCUT2D eigenvalue weighted by molar-refractivity contribution is 5.50. The maximum Gasteiger partial charge on any atom is 0.224 e. The van der Waals surface area contributed by atoms with Crippen LogP contribution in [0.1, 0.15) is 31.9 Å². The van der Waals surface area contributed by atoms with Crippen LogP contribution >= 0.6 is 0 Å². The van der Waals surface area contributed by atoms with E-state index in [1.165, 1.54) is 5.56 Å². The maximum atomic E-state index is 4.68. The predicted octanol–water partition coefficient (Wildman–Crippen LogP) is 3.63. The molecular formula is C17H24N4. The van der Waals surface area contributed by atoms with Crippen molar-refractivity contribution in [3.05, 3.63) is 47.7 Å². The van der Waals surface area contributed by atoms with Gasteiger partial charge in [0.1, 0.15) is 5.82 Å². The van der Waals surface area contributed by atoms with Crippen molar-refractivity contribution < 1.29 is 0 Å². The number of benzene rings is 1. The van der Waals surface area contributed by atoms with Crippen molar-refractivity contribution in [3.8, 4) is 0 Å². The fourth-order valence-corrected chi connectivity index (χ4v) is 2.25. The molecule has 2 rings (SSSR count). The second-order valence-corrected chi connectivity index (χ2v) is 5.44. The van der Waals surface area contributed by atoms with E-state index in [4.69, 9.17) is 0 Å². The minimum atomic E-state index is 0.369. The van der Waals surface area contributed by atoms with Crippen LogP contribution in [0.2, 0.25) is 0 Å². The van der Waals surface area contributed by atoms with Crippen LogP contribution in [-0.4, -0.2) is 22.6 Å². The second kappa shape index (κ2) is 7.07. The van der Waals surface area contributed by atoms with E-state index in [9.17, 15) is 0 Å². The molecule has 4 heteroatoms. The molecule has 4 nitrogen and oxygen atoms in total. The minimum Gasteiger partial charge on any atom is -0.354 e. The minimum absolute atomic E-state index is 0.369. The molecule has 112 valence electrons. The third-order valence-corrected chi connectivity index (χ3v) is 3.37. The van der Waals surface area contributed by atoms with Gasteiger partial charge >= 0.3 is 0 Å². The number of hydrogen-bond acceptors (Lipinski definition) is 4. The van der Waals surface area contributed by atoms with Gasteiger partial charge in [-0.05, 0) is 33.3 Å². The van der Waals surface area contributed by atoms with Gasteiger partial charge in [-0.2, -0.15) is 4.98 Å². The Bertz CT molecular complexity index is 566. The highest BCUT2D eigenvalue weighted by Gasteiger charge is 2.16. The zero-order valence-electron chi connectivity index (χ0n) is 13.3. The van der Waals surface area contributed by atoms with Gasteiger partial charge in [-0.15, -0.1) is 0 Å². The molecule has 0 fully saturated rings. The van der Waals surface area contributed by atoms with Crippen LogP contribution in [0, 0.1) is 6.92 Å². The van der Waals surface area contributed by atoms with Crippen molar-refractivity contribution >= 4 is 11.8 Å². The topological polar surface area (TPSA) is 41.1 Å². The molecule has 1 heterocycles. The summed E-state index contributed by atoms with van der Waals surface area (Å²) in [5.41, 5.74) is 2.38. The van der Waals surface area contributed by atoms with Gasteiger partial charge in [-0.3, -0.25) is 0 Å². The molecule has 0 saturated heterocycles. The Morgan fingerprint density at radius 1 is 1.19 bits per heavy atom. The fourth-order valence-electron chi connectivity index (χ4n) is 2.25. The molecule has 0 aliphatic heterocycles. The molecule has 21 heavy (non-hydrogen) atoms. The van der Waals surface area contributed by atoms with E-state index in [2.05, 4.69) is 65.2 Å². The molecule has 0 atom stereocenters. The van der Waals surface area contributed by atoms with Gasteiger partial charge in [0.15, 0.2) is 0 Å². The number of aromatic nitrogens is 2. The smallest absolute Gasteiger partial charge is 0.224 e. The van der Waals surface area contributed by atoms with Gasteiger partial charge in [0.05, 0.1) is 0 Å². The van der Waals surface area contributed by atoms with Gasteiger partial charge < -0.3 is 10.2 Å². The van der Waals surface area contributed by atoms with Crippen molar-refractivity contribution in [1.29, 1.82) is 0 Å². The molecule has 0 amide bonds. The van der Waals surface area contributed by atoms with Gasteiger partial charge in [0.25, 0.3) is 0 Å². The van der Waals surface area contributed by atoms with Crippen molar-refractivity contribution in [1.82, 2.24) is 9.97 Å². The summed E-state index contributed by atoms with van der Waals surface area (Å²) in [5.74, 6) is 1.69. The number of nitrogens with zero attached hydrogens (tertiary/aromatic N) is 3. The number of anilines is 2. The highest BCUT2D eigenvalue weighted by Crippen LogP contribution is 2.22. The highest BCUT2D eigenvalue weighted by atomic mass is 15.2. The summed E-state index contributed by atoms with van der Waals surface area (Å²) in [6.07, 6.45) is 1.89. The zero-order chi connectivity index (χ0) is 15.2. The van der Waals surface area contributed by atoms with Crippen molar-refractivity contribution in [3.63, 3.8) is 0 Å². The number of hydrogen-bond donors (Lipinski definition) is 1. The van der Waals surface area contributed by atoms with Gasteiger partial charge in [-0.1, -0.05) is 30.3 Å². The molecule has 0 radical (unpaired) electrons. The van der Waals surface area contributed by atoms with Crippen LogP contribution in [0.25, 0.3) is 0 Å². The Morgan fingerprint density at radius 3 is 2.52 bits per heavy atom. The third-order valence-electron chi connectivity index (χ3n) is 3.37. The van der Waals surface area contributed by atoms with Crippen molar-refractivity contribution in [2.24, 2.45) is 0 Å². The zero-order valence-corrected chi connectivity index (χ0v) is 13.3. The van der Waals surface area contributed by atoms with E-state index in [-0.39, 0.29) is 0 Å². The van der Waals surface area contributed by atoms with Crippen LogP contribution in [0.5, 0.6) is 0 Å². The van der Waals surface area contributed by atoms with Crippen LogP contribution in [0.15, 0.2) is 36.5 Å². The summed E-state index contributed by atoms with van der Waals surface area (Å²) in [6, 6.07) is 10.9. The monoisotopic (exact) mass is 284 g/mol. The average Bonchev–Trinajstić information content (AvgIpc) is 2.48. The molecule has 0 aliphatic rings. The summed E-state index contributed by atoms with van der Waals surface area (Å²) in [7, 11) is 0. The average molecular weight is 284 g/mol. The first-order valence-corrected chi connectivity index (χ1v) is 7.50. The predicted molar refractivity (Wildman–Crippen MR) is 88.7 cm³/mol. The summed E-state index contributed by atoms with van der Waals surface area (Å²) < 4.78 is 0. The quantitative estimate of drug-likeness (QED) is 0.879. The Labute approximate surface area is 127 Å². The third kappa shape index (κ3) is 3.94. The molecule has 1 aromatic heterocycles. The van der Waals surface area contributed by atoms with Crippen molar-refractivity contribution in [2.75, 3.05) is 16.8 Å².